The van der Waals surface area contributed by atoms with Gasteiger partial charge in [-0.2, -0.15) is 0 Å². The minimum absolute atomic E-state index is 0.00170. The molecule has 3 rings (SSSR count). The Labute approximate surface area is 125 Å². The molecule has 2 N–H and O–H groups in total. The number of benzene rings is 1. The lowest BCUT2D eigenvalue weighted by atomic mass is 9.82. The second-order valence-electron chi connectivity index (χ2n) is 5.33. The highest BCUT2D eigenvalue weighted by Crippen LogP contribution is 2.48. The van der Waals surface area contributed by atoms with Crippen molar-refractivity contribution >= 4 is 33.5 Å². The van der Waals surface area contributed by atoms with Crippen molar-refractivity contribution in [3.8, 4) is 0 Å². The predicted molar refractivity (Wildman–Crippen MR) is 78.1 cm³/mol. The minimum atomic E-state index is -0.877. The molecule has 0 spiro atoms. The molecule has 0 heterocycles. The predicted octanol–water partition coefficient (Wildman–Crippen LogP) is 2.91. The van der Waals surface area contributed by atoms with E-state index in [4.69, 9.17) is 0 Å². The number of fused-ring (bicyclic) bond motifs is 2. The molecule has 2 bridgehead atoms. The van der Waals surface area contributed by atoms with Crippen molar-refractivity contribution in [1.82, 2.24) is 0 Å². The van der Waals surface area contributed by atoms with E-state index >= 15 is 0 Å². The SMILES string of the molecule is O=C(O)[C@@H]1[C@H](C(=O)Nc2ccc(Br)cc2)[C@H]2C=C[C@@H]1C2. The molecule has 0 saturated heterocycles. The van der Waals surface area contributed by atoms with Crippen molar-refractivity contribution in [2.24, 2.45) is 23.7 Å². The van der Waals surface area contributed by atoms with Gasteiger partial charge in [0.2, 0.25) is 5.91 Å². The van der Waals surface area contributed by atoms with Crippen LogP contribution in [-0.4, -0.2) is 17.0 Å². The molecule has 4 atom stereocenters. The first-order valence-corrected chi connectivity index (χ1v) is 7.33. The lowest BCUT2D eigenvalue weighted by Gasteiger charge is -2.23. The molecule has 0 aliphatic heterocycles. The van der Waals surface area contributed by atoms with Gasteiger partial charge in [-0.15, -0.1) is 0 Å². The van der Waals surface area contributed by atoms with Gasteiger partial charge < -0.3 is 10.4 Å². The quantitative estimate of drug-likeness (QED) is 0.834. The van der Waals surface area contributed by atoms with Crippen LogP contribution in [0.3, 0.4) is 0 Å². The summed E-state index contributed by atoms with van der Waals surface area (Å²) in [5.74, 6) is -2.09. The number of rotatable bonds is 3. The summed E-state index contributed by atoms with van der Waals surface area (Å²) in [4.78, 5) is 23.8. The second-order valence-corrected chi connectivity index (χ2v) is 6.25. The molecule has 1 aromatic carbocycles. The number of hydrogen-bond acceptors (Lipinski definition) is 2. The Bertz CT molecular complexity index is 581. The number of allylic oxidation sites excluding steroid dienone is 2. The fraction of sp³-hybridized carbons (Fsp3) is 0.333. The zero-order chi connectivity index (χ0) is 14.3. The van der Waals surface area contributed by atoms with Crippen molar-refractivity contribution < 1.29 is 14.7 Å². The molecule has 5 heteroatoms. The van der Waals surface area contributed by atoms with Crippen molar-refractivity contribution in [1.29, 1.82) is 0 Å². The standard InChI is InChI=1S/C15H14BrNO3/c16-10-3-5-11(6-4-10)17-14(18)12-8-1-2-9(7-8)13(12)15(19)20/h1-6,8-9,12-13H,7H2,(H,17,18)(H,19,20)/t8-,9+,12+,13-/m0/s1. The van der Waals surface area contributed by atoms with Crippen LogP contribution in [0.4, 0.5) is 5.69 Å². The molecule has 1 fully saturated rings. The van der Waals surface area contributed by atoms with Crippen molar-refractivity contribution in [3.63, 3.8) is 0 Å². The van der Waals surface area contributed by atoms with Crippen LogP contribution in [0.5, 0.6) is 0 Å². The van der Waals surface area contributed by atoms with Crippen LogP contribution in [0.25, 0.3) is 0 Å². The third-order valence-electron chi connectivity index (χ3n) is 4.16. The van der Waals surface area contributed by atoms with Gasteiger partial charge in [0.05, 0.1) is 11.8 Å². The summed E-state index contributed by atoms with van der Waals surface area (Å²) in [5.41, 5.74) is 0.689. The van der Waals surface area contributed by atoms with Gasteiger partial charge in [-0.05, 0) is 42.5 Å². The Balaban J connectivity index is 1.78. The molecule has 1 aromatic rings. The van der Waals surface area contributed by atoms with Gasteiger partial charge in [0.25, 0.3) is 0 Å². The maximum absolute atomic E-state index is 12.4. The fourth-order valence-corrected chi connectivity index (χ4v) is 3.54. The molecule has 0 unspecified atom stereocenters. The largest absolute Gasteiger partial charge is 0.481 e. The van der Waals surface area contributed by atoms with E-state index in [0.29, 0.717) is 5.69 Å². The summed E-state index contributed by atoms with van der Waals surface area (Å²) in [7, 11) is 0. The second kappa shape index (κ2) is 5.05. The Kier molecular flexibility index (Phi) is 3.38. The Morgan fingerprint density at radius 2 is 1.70 bits per heavy atom. The highest BCUT2D eigenvalue weighted by molar-refractivity contribution is 9.10. The van der Waals surface area contributed by atoms with Crippen LogP contribution >= 0.6 is 15.9 Å². The summed E-state index contributed by atoms with van der Waals surface area (Å²) in [6.07, 6.45) is 4.69. The number of carbonyl (C=O) groups excluding carboxylic acids is 1. The van der Waals surface area contributed by atoms with E-state index in [1.807, 2.05) is 24.3 Å². The zero-order valence-corrected chi connectivity index (χ0v) is 12.2. The molecular weight excluding hydrogens is 322 g/mol. The number of amides is 1. The highest BCUT2D eigenvalue weighted by Gasteiger charge is 2.51. The van der Waals surface area contributed by atoms with Crippen LogP contribution in [-0.2, 0) is 9.59 Å². The zero-order valence-electron chi connectivity index (χ0n) is 10.6. The van der Waals surface area contributed by atoms with Crippen molar-refractivity contribution in [2.45, 2.75) is 6.42 Å². The summed E-state index contributed by atoms with van der Waals surface area (Å²) in [5, 5.41) is 12.2. The highest BCUT2D eigenvalue weighted by atomic mass is 79.9. The third kappa shape index (κ3) is 2.26. The molecule has 20 heavy (non-hydrogen) atoms. The third-order valence-corrected chi connectivity index (χ3v) is 4.69. The van der Waals surface area contributed by atoms with Gasteiger partial charge in [0, 0.05) is 10.2 Å². The maximum Gasteiger partial charge on any atom is 0.307 e. The van der Waals surface area contributed by atoms with Crippen LogP contribution < -0.4 is 5.32 Å². The molecule has 0 radical (unpaired) electrons. The van der Waals surface area contributed by atoms with E-state index in [1.165, 1.54) is 0 Å². The molecule has 104 valence electrons. The molecule has 4 nitrogen and oxygen atoms in total. The number of carboxylic acid groups (broad SMARTS) is 1. The van der Waals surface area contributed by atoms with Gasteiger partial charge in [-0.1, -0.05) is 28.1 Å². The lowest BCUT2D eigenvalue weighted by molar-refractivity contribution is -0.146. The molecule has 0 aromatic heterocycles. The number of carboxylic acids is 1. The van der Waals surface area contributed by atoms with E-state index in [2.05, 4.69) is 21.2 Å². The number of hydrogen-bond donors (Lipinski definition) is 2. The van der Waals surface area contributed by atoms with Crippen LogP contribution in [0.1, 0.15) is 6.42 Å². The molecule has 1 saturated carbocycles. The molecule has 2 aliphatic rings. The first-order chi connectivity index (χ1) is 9.56. The van der Waals surface area contributed by atoms with Crippen LogP contribution in [0.2, 0.25) is 0 Å². The van der Waals surface area contributed by atoms with Gasteiger partial charge in [0.1, 0.15) is 0 Å². The first kappa shape index (κ1) is 13.4. The molecular formula is C15H14BrNO3. The summed E-state index contributed by atoms with van der Waals surface area (Å²) < 4.78 is 0.932. The van der Waals surface area contributed by atoms with E-state index in [9.17, 15) is 14.7 Å². The van der Waals surface area contributed by atoms with Crippen LogP contribution in [0, 0.1) is 23.7 Å². The smallest absolute Gasteiger partial charge is 0.307 e. The summed E-state index contributed by atoms with van der Waals surface area (Å²) in [6, 6.07) is 7.26. The topological polar surface area (TPSA) is 66.4 Å². The lowest BCUT2D eigenvalue weighted by Crippen LogP contribution is -2.36. The fourth-order valence-electron chi connectivity index (χ4n) is 3.28. The van der Waals surface area contributed by atoms with Gasteiger partial charge >= 0.3 is 5.97 Å². The maximum atomic E-state index is 12.4. The number of nitrogens with one attached hydrogen (secondary N) is 1. The Hall–Kier alpha value is -1.62. The molecule has 1 amide bonds. The van der Waals surface area contributed by atoms with Gasteiger partial charge in [0.15, 0.2) is 0 Å². The first-order valence-electron chi connectivity index (χ1n) is 6.54. The number of carbonyl (C=O) groups is 2. The normalized spacial score (nSPS) is 30.4. The van der Waals surface area contributed by atoms with Crippen molar-refractivity contribution in [2.75, 3.05) is 5.32 Å². The Morgan fingerprint density at radius 1 is 1.10 bits per heavy atom. The number of halogens is 1. The minimum Gasteiger partial charge on any atom is -0.481 e. The van der Waals surface area contributed by atoms with Gasteiger partial charge in [-0.3, -0.25) is 9.59 Å². The number of aliphatic carboxylic acids is 1. The summed E-state index contributed by atoms with van der Waals surface area (Å²) in [6.45, 7) is 0. The average Bonchev–Trinajstić information content (AvgIpc) is 3.01. The van der Waals surface area contributed by atoms with E-state index in [1.54, 1.807) is 12.1 Å². The van der Waals surface area contributed by atoms with Crippen molar-refractivity contribution in [3.05, 3.63) is 40.9 Å². The average molecular weight is 336 g/mol. The van der Waals surface area contributed by atoms with Crippen LogP contribution in [0.15, 0.2) is 40.9 Å². The monoisotopic (exact) mass is 335 g/mol. The number of anilines is 1. The van der Waals surface area contributed by atoms with E-state index in [-0.39, 0.29) is 17.7 Å². The van der Waals surface area contributed by atoms with Gasteiger partial charge in [-0.25, -0.2) is 0 Å². The summed E-state index contributed by atoms with van der Waals surface area (Å²) >= 11 is 3.33. The Morgan fingerprint density at radius 3 is 2.30 bits per heavy atom. The van der Waals surface area contributed by atoms with E-state index < -0.39 is 17.8 Å². The molecule has 2 aliphatic carbocycles. The van der Waals surface area contributed by atoms with E-state index in [0.717, 1.165) is 10.9 Å².